The van der Waals surface area contributed by atoms with Crippen molar-refractivity contribution in [3.8, 4) is 5.75 Å². The zero-order valence-electron chi connectivity index (χ0n) is 12.3. The third kappa shape index (κ3) is 3.27. The molecule has 2 heterocycles. The first kappa shape index (κ1) is 13.7. The topological polar surface area (TPSA) is 48.4 Å². The highest BCUT2D eigenvalue weighted by Crippen LogP contribution is 2.23. The first-order valence-electron chi connectivity index (χ1n) is 7.49. The summed E-state index contributed by atoms with van der Waals surface area (Å²) in [5.41, 5.74) is 2.05. The number of phenols is 1. The highest BCUT2D eigenvalue weighted by atomic mass is 16.3. The molecule has 110 valence electrons. The molecule has 1 fully saturated rings. The molecule has 1 aromatic heterocycles. The number of anilines is 2. The number of benzene rings is 1. The largest absolute Gasteiger partial charge is 0.508 e. The predicted molar refractivity (Wildman–Crippen MR) is 85.8 cm³/mol. The minimum Gasteiger partial charge on any atom is -0.508 e. The summed E-state index contributed by atoms with van der Waals surface area (Å²) < 4.78 is 0. The van der Waals surface area contributed by atoms with Crippen molar-refractivity contribution in [2.45, 2.75) is 25.8 Å². The van der Waals surface area contributed by atoms with Crippen LogP contribution >= 0.6 is 0 Å². The van der Waals surface area contributed by atoms with Crippen molar-refractivity contribution in [2.24, 2.45) is 0 Å². The molecule has 2 aromatic rings. The third-order valence-electron chi connectivity index (χ3n) is 3.93. The zero-order chi connectivity index (χ0) is 14.7. The standard InChI is InChI=1S/C17H21N3O/c1-13(14-5-4-6-16(21)11-14)19-15-7-8-17(18-12-15)20-9-2-3-10-20/h4-8,11-13,19,21H,2-3,9-10H2,1H3. The molecule has 21 heavy (non-hydrogen) atoms. The lowest BCUT2D eigenvalue weighted by Gasteiger charge is -2.18. The second-order valence-electron chi connectivity index (χ2n) is 5.56. The average molecular weight is 283 g/mol. The van der Waals surface area contributed by atoms with Crippen LogP contribution in [0.1, 0.15) is 31.4 Å². The van der Waals surface area contributed by atoms with Gasteiger partial charge in [0.15, 0.2) is 0 Å². The van der Waals surface area contributed by atoms with Crippen LogP contribution in [0.25, 0.3) is 0 Å². The molecule has 3 rings (SSSR count). The molecule has 4 nitrogen and oxygen atoms in total. The number of nitrogens with zero attached hydrogens (tertiary/aromatic N) is 2. The monoisotopic (exact) mass is 283 g/mol. The van der Waals surface area contributed by atoms with Crippen LogP contribution in [0.5, 0.6) is 5.75 Å². The minimum atomic E-state index is 0.122. The number of hydrogen-bond donors (Lipinski definition) is 2. The second-order valence-corrected chi connectivity index (χ2v) is 5.56. The lowest BCUT2D eigenvalue weighted by atomic mass is 10.1. The zero-order valence-corrected chi connectivity index (χ0v) is 12.3. The van der Waals surface area contributed by atoms with Crippen molar-refractivity contribution in [3.05, 3.63) is 48.2 Å². The van der Waals surface area contributed by atoms with E-state index in [-0.39, 0.29) is 6.04 Å². The van der Waals surface area contributed by atoms with Crippen molar-refractivity contribution in [3.63, 3.8) is 0 Å². The molecule has 1 unspecified atom stereocenters. The summed E-state index contributed by atoms with van der Waals surface area (Å²) in [6, 6.07) is 11.6. The van der Waals surface area contributed by atoms with Crippen LogP contribution in [0.4, 0.5) is 11.5 Å². The van der Waals surface area contributed by atoms with E-state index in [0.29, 0.717) is 5.75 Å². The fourth-order valence-electron chi connectivity index (χ4n) is 2.73. The van der Waals surface area contributed by atoms with Crippen LogP contribution in [0.15, 0.2) is 42.6 Å². The number of nitrogens with one attached hydrogen (secondary N) is 1. The first-order valence-corrected chi connectivity index (χ1v) is 7.49. The molecule has 1 aliphatic rings. The van der Waals surface area contributed by atoms with Gasteiger partial charge in [0, 0.05) is 19.1 Å². The van der Waals surface area contributed by atoms with Gasteiger partial charge in [-0.15, -0.1) is 0 Å². The lowest BCUT2D eigenvalue weighted by molar-refractivity contribution is 0.474. The Kier molecular flexibility index (Phi) is 3.95. The van der Waals surface area contributed by atoms with Crippen LogP contribution in [-0.2, 0) is 0 Å². The Labute approximate surface area is 125 Å². The molecule has 2 N–H and O–H groups in total. The van der Waals surface area contributed by atoms with E-state index in [9.17, 15) is 5.11 Å². The number of rotatable bonds is 4. The molecule has 0 aliphatic carbocycles. The quantitative estimate of drug-likeness (QED) is 0.900. The van der Waals surface area contributed by atoms with Gasteiger partial charge in [0.2, 0.25) is 0 Å². The van der Waals surface area contributed by atoms with Crippen molar-refractivity contribution in [2.75, 3.05) is 23.3 Å². The van der Waals surface area contributed by atoms with Crippen LogP contribution in [0.3, 0.4) is 0 Å². The Balaban J connectivity index is 1.67. The Morgan fingerprint density at radius 2 is 2.00 bits per heavy atom. The molecule has 1 aliphatic heterocycles. The maximum Gasteiger partial charge on any atom is 0.128 e. The Morgan fingerprint density at radius 1 is 1.19 bits per heavy atom. The summed E-state index contributed by atoms with van der Waals surface area (Å²) in [4.78, 5) is 6.86. The SMILES string of the molecule is CC(Nc1ccc(N2CCCC2)nc1)c1cccc(O)c1. The van der Waals surface area contributed by atoms with Gasteiger partial charge in [-0.25, -0.2) is 4.98 Å². The van der Waals surface area contributed by atoms with Gasteiger partial charge in [-0.2, -0.15) is 0 Å². The van der Waals surface area contributed by atoms with Crippen LogP contribution in [0, 0.1) is 0 Å². The van der Waals surface area contributed by atoms with E-state index in [0.717, 1.165) is 30.2 Å². The Hall–Kier alpha value is -2.23. The summed E-state index contributed by atoms with van der Waals surface area (Å²) in [5.74, 6) is 1.35. The summed E-state index contributed by atoms with van der Waals surface area (Å²) in [5, 5.41) is 13.0. The van der Waals surface area contributed by atoms with E-state index >= 15 is 0 Å². The van der Waals surface area contributed by atoms with Gasteiger partial charge in [0.05, 0.1) is 11.9 Å². The summed E-state index contributed by atoms with van der Waals surface area (Å²) in [7, 11) is 0. The second kappa shape index (κ2) is 6.04. The smallest absolute Gasteiger partial charge is 0.128 e. The van der Waals surface area contributed by atoms with E-state index in [1.807, 2.05) is 18.3 Å². The van der Waals surface area contributed by atoms with Gasteiger partial charge in [0.1, 0.15) is 11.6 Å². The fraction of sp³-hybridized carbons (Fsp3) is 0.353. The first-order chi connectivity index (χ1) is 10.2. The third-order valence-corrected chi connectivity index (χ3v) is 3.93. The molecule has 0 spiro atoms. The van der Waals surface area contributed by atoms with Gasteiger partial charge in [0.25, 0.3) is 0 Å². The summed E-state index contributed by atoms with van der Waals surface area (Å²) in [6.45, 7) is 4.29. The molecular formula is C17H21N3O. The van der Waals surface area contributed by atoms with Crippen molar-refractivity contribution in [1.82, 2.24) is 4.98 Å². The molecular weight excluding hydrogens is 262 g/mol. The van der Waals surface area contributed by atoms with Gasteiger partial charge in [-0.3, -0.25) is 0 Å². The van der Waals surface area contributed by atoms with Gasteiger partial charge < -0.3 is 15.3 Å². The number of aromatic nitrogens is 1. The molecule has 1 aromatic carbocycles. The molecule has 0 bridgehead atoms. The number of phenolic OH excluding ortho intramolecular Hbond substituents is 1. The Bertz CT molecular complexity index is 591. The Morgan fingerprint density at radius 3 is 2.67 bits per heavy atom. The summed E-state index contributed by atoms with van der Waals surface area (Å²) in [6.07, 6.45) is 4.40. The van der Waals surface area contributed by atoms with Crippen LogP contribution in [-0.4, -0.2) is 23.2 Å². The minimum absolute atomic E-state index is 0.122. The molecule has 4 heteroatoms. The average Bonchev–Trinajstić information content (AvgIpc) is 3.02. The van der Waals surface area contributed by atoms with E-state index in [2.05, 4.69) is 34.3 Å². The van der Waals surface area contributed by atoms with Gasteiger partial charge in [-0.1, -0.05) is 12.1 Å². The van der Waals surface area contributed by atoms with E-state index in [1.54, 1.807) is 12.1 Å². The highest BCUT2D eigenvalue weighted by Gasteiger charge is 2.13. The van der Waals surface area contributed by atoms with Crippen molar-refractivity contribution in [1.29, 1.82) is 0 Å². The number of pyridine rings is 1. The maximum atomic E-state index is 9.54. The van der Waals surface area contributed by atoms with E-state index in [4.69, 9.17) is 0 Å². The van der Waals surface area contributed by atoms with Gasteiger partial charge in [-0.05, 0) is 49.6 Å². The lowest BCUT2D eigenvalue weighted by Crippen LogP contribution is -2.18. The number of aromatic hydroxyl groups is 1. The van der Waals surface area contributed by atoms with E-state index < -0.39 is 0 Å². The molecule has 1 saturated heterocycles. The molecule has 1 atom stereocenters. The normalized spacial score (nSPS) is 16.0. The van der Waals surface area contributed by atoms with Crippen molar-refractivity contribution >= 4 is 11.5 Å². The molecule has 0 radical (unpaired) electrons. The fourth-order valence-corrected chi connectivity index (χ4v) is 2.73. The van der Waals surface area contributed by atoms with Crippen molar-refractivity contribution < 1.29 is 5.11 Å². The van der Waals surface area contributed by atoms with Crippen LogP contribution in [0.2, 0.25) is 0 Å². The molecule has 0 amide bonds. The predicted octanol–water partition coefficient (Wildman–Crippen LogP) is 3.56. The number of hydrogen-bond acceptors (Lipinski definition) is 4. The highest BCUT2D eigenvalue weighted by molar-refractivity contribution is 5.50. The maximum absolute atomic E-state index is 9.54. The van der Waals surface area contributed by atoms with Gasteiger partial charge >= 0.3 is 0 Å². The summed E-state index contributed by atoms with van der Waals surface area (Å²) >= 11 is 0. The van der Waals surface area contributed by atoms with Crippen LogP contribution < -0.4 is 10.2 Å². The molecule has 0 saturated carbocycles. The van der Waals surface area contributed by atoms with E-state index in [1.165, 1.54) is 12.8 Å².